The van der Waals surface area contributed by atoms with Gasteiger partial charge >= 0.3 is 6.09 Å². The van der Waals surface area contributed by atoms with E-state index < -0.39 is 11.7 Å². The number of nitrogens with zero attached hydrogens (tertiary/aromatic N) is 2. The lowest BCUT2D eigenvalue weighted by molar-refractivity contribution is 0.0636. The van der Waals surface area contributed by atoms with E-state index in [2.05, 4.69) is 10.4 Å². The van der Waals surface area contributed by atoms with E-state index in [4.69, 9.17) is 16.3 Å². The van der Waals surface area contributed by atoms with E-state index in [9.17, 15) is 4.79 Å². The Hall–Kier alpha value is -2.01. The molecule has 0 radical (unpaired) electrons. The molecular formula is C14H16ClN3O2. The first-order valence-corrected chi connectivity index (χ1v) is 6.52. The van der Waals surface area contributed by atoms with Crippen LogP contribution < -0.4 is 5.32 Å². The third-order valence-corrected chi connectivity index (χ3v) is 2.58. The van der Waals surface area contributed by atoms with Gasteiger partial charge in [-0.15, -0.1) is 0 Å². The average Bonchev–Trinajstić information content (AvgIpc) is 2.79. The summed E-state index contributed by atoms with van der Waals surface area (Å²) in [5.74, 6) is 0. The fourth-order valence-corrected chi connectivity index (χ4v) is 1.81. The highest BCUT2D eigenvalue weighted by Gasteiger charge is 2.17. The smallest absolute Gasteiger partial charge is 0.412 e. The summed E-state index contributed by atoms with van der Waals surface area (Å²) in [6.45, 7) is 5.41. The van der Waals surface area contributed by atoms with Gasteiger partial charge in [-0.25, -0.2) is 9.48 Å². The van der Waals surface area contributed by atoms with Gasteiger partial charge in [-0.05, 0) is 45.0 Å². The first kappa shape index (κ1) is 14.4. The summed E-state index contributed by atoms with van der Waals surface area (Å²) in [4.78, 5) is 11.9. The van der Waals surface area contributed by atoms with Crippen LogP contribution in [-0.4, -0.2) is 21.5 Å². The summed E-state index contributed by atoms with van der Waals surface area (Å²) in [6.07, 6.45) is 2.91. The van der Waals surface area contributed by atoms with Crippen LogP contribution in [0, 0.1) is 0 Å². The van der Waals surface area contributed by atoms with Crippen molar-refractivity contribution in [1.29, 1.82) is 0 Å². The van der Waals surface area contributed by atoms with Crippen LogP contribution in [0.15, 0.2) is 36.7 Å². The zero-order valence-corrected chi connectivity index (χ0v) is 12.3. The normalized spacial score (nSPS) is 11.2. The van der Waals surface area contributed by atoms with Crippen LogP contribution >= 0.6 is 11.6 Å². The molecule has 0 atom stereocenters. The van der Waals surface area contributed by atoms with Gasteiger partial charge in [0.1, 0.15) is 5.60 Å². The van der Waals surface area contributed by atoms with Crippen LogP contribution in [0.1, 0.15) is 20.8 Å². The maximum Gasteiger partial charge on any atom is 0.412 e. The van der Waals surface area contributed by atoms with E-state index in [0.717, 1.165) is 0 Å². The van der Waals surface area contributed by atoms with Gasteiger partial charge in [0.2, 0.25) is 0 Å². The molecule has 0 aliphatic heterocycles. The van der Waals surface area contributed by atoms with Crippen LogP contribution in [0.5, 0.6) is 0 Å². The molecule has 106 valence electrons. The molecule has 0 unspecified atom stereocenters. The fourth-order valence-electron chi connectivity index (χ4n) is 1.63. The fraction of sp³-hybridized carbons (Fsp3) is 0.286. The van der Waals surface area contributed by atoms with Crippen molar-refractivity contribution in [2.24, 2.45) is 0 Å². The minimum Gasteiger partial charge on any atom is -0.444 e. The summed E-state index contributed by atoms with van der Waals surface area (Å²) in [5, 5.41) is 7.35. The van der Waals surface area contributed by atoms with Gasteiger partial charge in [-0.3, -0.25) is 5.32 Å². The molecule has 5 nitrogen and oxygen atoms in total. The maximum absolute atomic E-state index is 11.9. The monoisotopic (exact) mass is 293 g/mol. The van der Waals surface area contributed by atoms with Gasteiger partial charge < -0.3 is 4.74 Å². The van der Waals surface area contributed by atoms with Crippen molar-refractivity contribution in [3.05, 3.63) is 41.7 Å². The molecule has 2 aromatic rings. The summed E-state index contributed by atoms with van der Waals surface area (Å²) < 4.78 is 6.87. The van der Waals surface area contributed by atoms with Crippen molar-refractivity contribution >= 4 is 23.4 Å². The molecular weight excluding hydrogens is 278 g/mol. The lowest BCUT2D eigenvalue weighted by Gasteiger charge is -2.20. The molecule has 0 bridgehead atoms. The highest BCUT2D eigenvalue weighted by molar-refractivity contribution is 6.31. The minimum absolute atomic E-state index is 0.520. The molecule has 0 saturated heterocycles. The van der Waals surface area contributed by atoms with Gasteiger partial charge in [-0.2, -0.15) is 5.10 Å². The van der Waals surface area contributed by atoms with Crippen LogP contribution in [0.2, 0.25) is 5.02 Å². The highest BCUT2D eigenvalue weighted by Crippen LogP contribution is 2.24. The van der Waals surface area contributed by atoms with E-state index in [1.54, 1.807) is 62.1 Å². The SMILES string of the molecule is CC(C)(C)OC(=O)Nc1cc(Cl)ccc1-n1cccn1. The third kappa shape index (κ3) is 3.74. The summed E-state index contributed by atoms with van der Waals surface area (Å²) >= 11 is 5.97. The Morgan fingerprint density at radius 2 is 2.15 bits per heavy atom. The summed E-state index contributed by atoms with van der Waals surface area (Å²) in [6, 6.07) is 6.97. The molecule has 1 aromatic heterocycles. The Kier molecular flexibility index (Phi) is 3.99. The van der Waals surface area contributed by atoms with Gasteiger partial charge in [0, 0.05) is 17.4 Å². The van der Waals surface area contributed by atoms with Crippen molar-refractivity contribution < 1.29 is 9.53 Å². The van der Waals surface area contributed by atoms with Crippen molar-refractivity contribution in [1.82, 2.24) is 9.78 Å². The number of carbonyl (C=O) groups is 1. The van der Waals surface area contributed by atoms with Crippen LogP contribution in [0.3, 0.4) is 0 Å². The van der Waals surface area contributed by atoms with Crippen molar-refractivity contribution in [2.75, 3.05) is 5.32 Å². The van der Waals surface area contributed by atoms with E-state index in [1.807, 2.05) is 0 Å². The van der Waals surface area contributed by atoms with Crippen molar-refractivity contribution in [3.63, 3.8) is 0 Å². The van der Waals surface area contributed by atoms with Gasteiger partial charge in [0.05, 0.1) is 11.4 Å². The predicted octanol–water partition coefficient (Wildman–Crippen LogP) is 3.87. The van der Waals surface area contributed by atoms with Gasteiger partial charge in [0.15, 0.2) is 0 Å². The average molecular weight is 294 g/mol. The number of benzene rings is 1. The second-order valence-corrected chi connectivity index (χ2v) is 5.68. The highest BCUT2D eigenvalue weighted by atomic mass is 35.5. The van der Waals surface area contributed by atoms with E-state index in [1.165, 1.54) is 0 Å². The molecule has 0 fully saturated rings. The van der Waals surface area contributed by atoms with Gasteiger partial charge in [-0.1, -0.05) is 11.6 Å². The zero-order chi connectivity index (χ0) is 14.8. The molecule has 0 aliphatic rings. The Balaban J connectivity index is 2.27. The molecule has 1 N–H and O–H groups in total. The molecule has 1 heterocycles. The summed E-state index contributed by atoms with van der Waals surface area (Å²) in [7, 11) is 0. The number of ether oxygens (including phenoxy) is 1. The Morgan fingerprint density at radius 1 is 1.40 bits per heavy atom. The van der Waals surface area contributed by atoms with E-state index >= 15 is 0 Å². The number of nitrogens with one attached hydrogen (secondary N) is 1. The molecule has 0 spiro atoms. The number of carbonyl (C=O) groups excluding carboxylic acids is 1. The third-order valence-electron chi connectivity index (χ3n) is 2.35. The first-order chi connectivity index (χ1) is 9.35. The van der Waals surface area contributed by atoms with Crippen molar-refractivity contribution in [3.8, 4) is 5.69 Å². The van der Waals surface area contributed by atoms with Crippen LogP contribution in [0.25, 0.3) is 5.69 Å². The molecule has 0 saturated carbocycles. The molecule has 1 aromatic carbocycles. The Labute approximate surface area is 122 Å². The largest absolute Gasteiger partial charge is 0.444 e. The quantitative estimate of drug-likeness (QED) is 0.914. The van der Waals surface area contributed by atoms with E-state index in [0.29, 0.717) is 16.4 Å². The molecule has 1 amide bonds. The van der Waals surface area contributed by atoms with Crippen LogP contribution in [0.4, 0.5) is 10.5 Å². The number of aromatic nitrogens is 2. The lowest BCUT2D eigenvalue weighted by Crippen LogP contribution is -2.27. The predicted molar refractivity (Wildman–Crippen MR) is 78.4 cm³/mol. The number of amides is 1. The number of hydrogen-bond donors (Lipinski definition) is 1. The maximum atomic E-state index is 11.9. The topological polar surface area (TPSA) is 56.1 Å². The molecule has 0 aliphatic carbocycles. The standard InChI is InChI=1S/C14H16ClN3O2/c1-14(2,3)20-13(19)17-11-9-10(15)5-6-12(11)18-8-4-7-16-18/h4-9H,1-3H3,(H,17,19). The summed E-state index contributed by atoms with van der Waals surface area (Å²) in [5.41, 5.74) is 0.690. The second kappa shape index (κ2) is 5.54. The minimum atomic E-state index is -0.561. The van der Waals surface area contributed by atoms with Crippen molar-refractivity contribution in [2.45, 2.75) is 26.4 Å². The lowest BCUT2D eigenvalue weighted by atomic mass is 10.2. The molecule has 6 heteroatoms. The Morgan fingerprint density at radius 3 is 2.75 bits per heavy atom. The molecule has 20 heavy (non-hydrogen) atoms. The molecule has 2 rings (SSSR count). The van der Waals surface area contributed by atoms with Gasteiger partial charge in [0.25, 0.3) is 0 Å². The van der Waals surface area contributed by atoms with Crippen LogP contribution in [-0.2, 0) is 4.74 Å². The number of hydrogen-bond acceptors (Lipinski definition) is 3. The number of anilines is 1. The number of rotatable bonds is 2. The zero-order valence-electron chi connectivity index (χ0n) is 11.6. The second-order valence-electron chi connectivity index (χ2n) is 5.24. The van der Waals surface area contributed by atoms with E-state index in [-0.39, 0.29) is 0 Å². The Bertz CT molecular complexity index is 603. The number of halogens is 1. The first-order valence-electron chi connectivity index (χ1n) is 6.15.